The number of ether oxygens (including phenoxy) is 1. The molecule has 7 heteroatoms. The van der Waals surface area contributed by atoms with E-state index in [1.807, 2.05) is 12.1 Å². The first-order chi connectivity index (χ1) is 9.42. The van der Waals surface area contributed by atoms with E-state index in [0.717, 1.165) is 23.7 Å². The summed E-state index contributed by atoms with van der Waals surface area (Å²) in [6.45, 7) is 2.74. The molecule has 0 aromatic heterocycles. The number of morpholine rings is 1. The Bertz CT molecular complexity index is 487. The summed E-state index contributed by atoms with van der Waals surface area (Å²) in [6, 6.07) is 7.01. The first-order valence-corrected chi connectivity index (χ1v) is 6.76. The first-order valence-electron chi connectivity index (χ1n) is 6.38. The van der Waals surface area contributed by atoms with Crippen LogP contribution in [0.25, 0.3) is 0 Å². The maximum Gasteiger partial charge on any atom is 0.427 e. The topological polar surface area (TPSA) is 15.5 Å². The Morgan fingerprint density at radius 2 is 1.60 bits per heavy atom. The van der Waals surface area contributed by atoms with Gasteiger partial charge in [0.2, 0.25) is 5.00 Å². The molecule has 2 aliphatic heterocycles. The third-order valence-corrected chi connectivity index (χ3v) is 4.20. The van der Waals surface area contributed by atoms with Gasteiger partial charge in [0.05, 0.1) is 19.8 Å². The predicted octanol–water partition coefficient (Wildman–Crippen LogP) is 2.84. The summed E-state index contributed by atoms with van der Waals surface area (Å²) in [4.78, 5) is 1.07. The van der Waals surface area contributed by atoms with Gasteiger partial charge < -0.3 is 14.5 Å². The van der Waals surface area contributed by atoms with Gasteiger partial charge in [0.1, 0.15) is 0 Å². The highest BCUT2D eigenvalue weighted by molar-refractivity contribution is 6.29. The zero-order chi connectivity index (χ0) is 14.4. The van der Waals surface area contributed by atoms with E-state index in [0.29, 0.717) is 18.9 Å². The molecule has 2 heterocycles. The molecule has 2 saturated heterocycles. The van der Waals surface area contributed by atoms with Crippen molar-refractivity contribution in [2.24, 2.45) is 0 Å². The Morgan fingerprint density at radius 1 is 1.05 bits per heavy atom. The van der Waals surface area contributed by atoms with Gasteiger partial charge in [0.25, 0.3) is 0 Å². The van der Waals surface area contributed by atoms with E-state index in [2.05, 4.69) is 4.90 Å². The van der Waals surface area contributed by atoms with Crippen molar-refractivity contribution in [1.82, 2.24) is 0 Å². The van der Waals surface area contributed by atoms with E-state index in [1.165, 1.54) is 0 Å². The lowest BCUT2D eigenvalue weighted by atomic mass is 10.2. The predicted molar refractivity (Wildman–Crippen MR) is 71.5 cm³/mol. The zero-order valence-corrected chi connectivity index (χ0v) is 11.4. The second kappa shape index (κ2) is 4.70. The largest absolute Gasteiger partial charge is 0.427 e. The van der Waals surface area contributed by atoms with E-state index in [1.54, 1.807) is 12.1 Å². The summed E-state index contributed by atoms with van der Waals surface area (Å²) >= 11 is 5.58. The molecule has 1 atom stereocenters. The van der Waals surface area contributed by atoms with Crippen molar-refractivity contribution in [2.45, 2.75) is 11.2 Å². The van der Waals surface area contributed by atoms with E-state index < -0.39 is 11.2 Å². The van der Waals surface area contributed by atoms with Crippen LogP contribution in [-0.4, -0.2) is 44.0 Å². The molecule has 0 spiro atoms. The van der Waals surface area contributed by atoms with Crippen molar-refractivity contribution in [1.29, 1.82) is 0 Å². The standard InChI is InChI=1S/C13H14ClF3N2O/c14-12(13(15,16)17)9-19(12)11-3-1-10(2-4-11)18-5-7-20-8-6-18/h1-4H,5-9H2. The molecule has 3 rings (SSSR count). The molecule has 110 valence electrons. The molecular weight excluding hydrogens is 293 g/mol. The van der Waals surface area contributed by atoms with Gasteiger partial charge in [-0.2, -0.15) is 13.2 Å². The molecule has 2 aliphatic rings. The van der Waals surface area contributed by atoms with E-state index >= 15 is 0 Å². The highest BCUT2D eigenvalue weighted by Crippen LogP contribution is 2.52. The van der Waals surface area contributed by atoms with Gasteiger partial charge in [0, 0.05) is 24.5 Å². The second-order valence-corrected chi connectivity index (χ2v) is 5.58. The fourth-order valence-electron chi connectivity index (χ4n) is 2.38. The SMILES string of the molecule is FC(F)(F)C1(Cl)CN1c1ccc(N2CCOCC2)cc1. The minimum atomic E-state index is -4.42. The van der Waals surface area contributed by atoms with E-state index in [9.17, 15) is 13.2 Å². The summed E-state index contributed by atoms with van der Waals surface area (Å²) < 4.78 is 43.5. The molecule has 0 N–H and O–H groups in total. The van der Waals surface area contributed by atoms with Gasteiger partial charge in [-0.15, -0.1) is 0 Å². The monoisotopic (exact) mass is 306 g/mol. The van der Waals surface area contributed by atoms with Gasteiger partial charge in [-0.25, -0.2) is 0 Å². The summed E-state index contributed by atoms with van der Waals surface area (Å²) in [5, 5.41) is 0. The fraction of sp³-hybridized carbons (Fsp3) is 0.538. The molecule has 1 unspecified atom stereocenters. The van der Waals surface area contributed by atoms with Crippen LogP contribution in [-0.2, 0) is 4.74 Å². The molecule has 1 aromatic carbocycles. The number of benzene rings is 1. The van der Waals surface area contributed by atoms with Crippen molar-refractivity contribution in [3.63, 3.8) is 0 Å². The van der Waals surface area contributed by atoms with Crippen molar-refractivity contribution in [3.05, 3.63) is 24.3 Å². The Kier molecular flexibility index (Phi) is 3.25. The molecule has 2 fully saturated rings. The Morgan fingerprint density at radius 3 is 2.10 bits per heavy atom. The average molecular weight is 307 g/mol. The van der Waals surface area contributed by atoms with Crippen LogP contribution in [0.2, 0.25) is 0 Å². The lowest BCUT2D eigenvalue weighted by molar-refractivity contribution is -0.136. The zero-order valence-electron chi connectivity index (χ0n) is 10.7. The number of halogens is 4. The summed E-state index contributed by atoms with van der Waals surface area (Å²) in [7, 11) is 0. The van der Waals surface area contributed by atoms with Crippen molar-refractivity contribution < 1.29 is 17.9 Å². The molecule has 3 nitrogen and oxygen atoms in total. The third kappa shape index (κ3) is 2.31. The van der Waals surface area contributed by atoms with Crippen LogP contribution in [0.15, 0.2) is 24.3 Å². The minimum Gasteiger partial charge on any atom is -0.378 e. The van der Waals surface area contributed by atoms with Crippen LogP contribution in [0, 0.1) is 0 Å². The highest BCUT2D eigenvalue weighted by Gasteiger charge is 2.69. The van der Waals surface area contributed by atoms with Gasteiger partial charge in [0.15, 0.2) is 0 Å². The summed E-state index contributed by atoms with van der Waals surface area (Å²) in [5.74, 6) is 0. The Labute approximate surface area is 119 Å². The number of alkyl halides is 4. The van der Waals surface area contributed by atoms with Gasteiger partial charge in [-0.05, 0) is 24.3 Å². The van der Waals surface area contributed by atoms with Crippen molar-refractivity contribution >= 4 is 23.0 Å². The van der Waals surface area contributed by atoms with Gasteiger partial charge in [-0.1, -0.05) is 11.6 Å². The number of rotatable bonds is 2. The maximum absolute atomic E-state index is 12.7. The van der Waals surface area contributed by atoms with Crippen molar-refractivity contribution in [3.8, 4) is 0 Å². The van der Waals surface area contributed by atoms with Crippen LogP contribution in [0.5, 0.6) is 0 Å². The van der Waals surface area contributed by atoms with Crippen LogP contribution in [0.4, 0.5) is 24.5 Å². The smallest absolute Gasteiger partial charge is 0.378 e. The second-order valence-electron chi connectivity index (χ2n) is 4.96. The number of hydrogen-bond donors (Lipinski definition) is 0. The van der Waals surface area contributed by atoms with Crippen LogP contribution in [0.1, 0.15) is 0 Å². The van der Waals surface area contributed by atoms with Crippen LogP contribution >= 0.6 is 11.6 Å². The highest BCUT2D eigenvalue weighted by atomic mass is 35.5. The molecule has 1 aromatic rings. The third-order valence-electron chi connectivity index (χ3n) is 3.66. The molecule has 0 aliphatic carbocycles. The minimum absolute atomic E-state index is 0.199. The fourth-order valence-corrected chi connectivity index (χ4v) is 2.59. The lowest BCUT2D eigenvalue weighted by Crippen LogP contribution is -2.36. The van der Waals surface area contributed by atoms with Crippen LogP contribution in [0.3, 0.4) is 0 Å². The number of nitrogens with zero attached hydrogens (tertiary/aromatic N) is 2. The van der Waals surface area contributed by atoms with Crippen molar-refractivity contribution in [2.75, 3.05) is 42.6 Å². The normalized spacial score (nSPS) is 26.8. The van der Waals surface area contributed by atoms with E-state index in [4.69, 9.17) is 16.3 Å². The molecule has 20 heavy (non-hydrogen) atoms. The number of anilines is 2. The van der Waals surface area contributed by atoms with Gasteiger partial charge in [-0.3, -0.25) is 0 Å². The quantitative estimate of drug-likeness (QED) is 0.475. The van der Waals surface area contributed by atoms with Gasteiger partial charge >= 0.3 is 6.18 Å². The average Bonchev–Trinajstić information content (AvgIpc) is 3.14. The van der Waals surface area contributed by atoms with Crippen LogP contribution < -0.4 is 9.80 Å². The number of hydrogen-bond acceptors (Lipinski definition) is 3. The Balaban J connectivity index is 1.72. The summed E-state index contributed by atoms with van der Waals surface area (Å²) in [6.07, 6.45) is -4.42. The van der Waals surface area contributed by atoms with E-state index in [-0.39, 0.29) is 6.54 Å². The Hall–Kier alpha value is -1.14. The molecule has 0 radical (unpaired) electrons. The lowest BCUT2D eigenvalue weighted by Gasteiger charge is -2.29. The molecule has 0 amide bonds. The molecular formula is C13H14ClF3N2O. The molecule has 0 saturated carbocycles. The first kappa shape index (κ1) is 13.8. The summed E-state index contributed by atoms with van der Waals surface area (Å²) in [5.41, 5.74) is 1.49. The maximum atomic E-state index is 12.7. The molecule has 0 bridgehead atoms.